The molecule has 0 spiro atoms. The number of rotatable bonds is 7. The van der Waals surface area contributed by atoms with Crippen molar-refractivity contribution in [2.24, 2.45) is 0 Å². The van der Waals surface area contributed by atoms with Crippen LogP contribution in [0.5, 0.6) is 17.2 Å². The van der Waals surface area contributed by atoms with Gasteiger partial charge < -0.3 is 14.2 Å². The molecule has 8 heteroatoms. The predicted octanol–water partition coefficient (Wildman–Crippen LogP) is 3.42. The second kappa shape index (κ2) is 8.11. The molecule has 26 heavy (non-hydrogen) atoms. The molecule has 0 amide bonds. The summed E-state index contributed by atoms with van der Waals surface area (Å²) < 4.78 is 15.6. The predicted molar refractivity (Wildman–Crippen MR) is 92.2 cm³/mol. The van der Waals surface area contributed by atoms with Crippen molar-refractivity contribution in [1.82, 2.24) is 0 Å². The van der Waals surface area contributed by atoms with Gasteiger partial charge in [-0.1, -0.05) is 0 Å². The summed E-state index contributed by atoms with van der Waals surface area (Å²) in [5.74, 6) is -0.561. The second-order valence-corrected chi connectivity index (χ2v) is 5.18. The van der Waals surface area contributed by atoms with Crippen molar-refractivity contribution < 1.29 is 28.7 Å². The number of hydrogen-bond acceptors (Lipinski definition) is 7. The number of ether oxygens (including phenoxy) is 3. The van der Waals surface area contributed by atoms with E-state index < -0.39 is 16.6 Å². The van der Waals surface area contributed by atoms with E-state index in [9.17, 15) is 19.7 Å². The van der Waals surface area contributed by atoms with E-state index in [1.807, 2.05) is 0 Å². The van der Waals surface area contributed by atoms with E-state index in [2.05, 4.69) is 0 Å². The molecule has 2 aromatic rings. The zero-order valence-electron chi connectivity index (χ0n) is 14.5. The summed E-state index contributed by atoms with van der Waals surface area (Å²) in [6, 6.07) is 8.20. The maximum Gasteiger partial charge on any atom is 0.350 e. The number of benzene rings is 2. The lowest BCUT2D eigenvalue weighted by Gasteiger charge is -2.11. The Morgan fingerprint density at radius 3 is 2.27 bits per heavy atom. The summed E-state index contributed by atoms with van der Waals surface area (Å²) in [4.78, 5) is 34.3. The van der Waals surface area contributed by atoms with E-state index >= 15 is 0 Å². The van der Waals surface area contributed by atoms with Crippen LogP contribution in [0, 0.1) is 10.1 Å². The first kappa shape index (κ1) is 18.9. The molecule has 8 nitrogen and oxygen atoms in total. The lowest BCUT2D eigenvalue weighted by Crippen LogP contribution is -2.12. The standard InChI is InChI=1S/C18H17NO7/c1-4-25-17-9-14(15(19(22)23)10-16(17)24-3)18(21)26-13-7-5-12(6-8-13)11(2)20/h5-10H,4H2,1-3H3. The smallest absolute Gasteiger partial charge is 0.350 e. The maximum atomic E-state index is 12.4. The molecular formula is C18H17NO7. The zero-order valence-corrected chi connectivity index (χ0v) is 14.5. The van der Waals surface area contributed by atoms with E-state index in [1.165, 1.54) is 44.4 Å². The molecule has 2 rings (SSSR count). The van der Waals surface area contributed by atoms with Gasteiger partial charge in [-0.05, 0) is 38.1 Å². The molecule has 0 aliphatic carbocycles. The third-order valence-electron chi connectivity index (χ3n) is 3.47. The monoisotopic (exact) mass is 359 g/mol. The maximum absolute atomic E-state index is 12.4. The van der Waals surface area contributed by atoms with Gasteiger partial charge in [0.1, 0.15) is 11.3 Å². The number of methoxy groups -OCH3 is 1. The average molecular weight is 359 g/mol. The zero-order chi connectivity index (χ0) is 19.3. The number of nitrogens with zero attached hydrogens (tertiary/aromatic N) is 1. The molecule has 0 radical (unpaired) electrons. The number of nitro benzene ring substituents is 1. The Morgan fingerprint density at radius 2 is 1.77 bits per heavy atom. The molecule has 0 aliphatic heterocycles. The molecule has 0 aliphatic rings. The van der Waals surface area contributed by atoms with Crippen LogP contribution in [-0.4, -0.2) is 30.4 Å². The topological polar surface area (TPSA) is 105 Å². The van der Waals surface area contributed by atoms with Gasteiger partial charge in [0.15, 0.2) is 17.3 Å². The van der Waals surface area contributed by atoms with Crippen LogP contribution in [0.25, 0.3) is 0 Å². The fraction of sp³-hybridized carbons (Fsp3) is 0.222. The Hall–Kier alpha value is -3.42. The normalized spacial score (nSPS) is 10.1. The Bertz CT molecular complexity index is 843. The third kappa shape index (κ3) is 4.15. The molecule has 0 atom stereocenters. The van der Waals surface area contributed by atoms with Crippen LogP contribution in [0.2, 0.25) is 0 Å². The van der Waals surface area contributed by atoms with Crippen molar-refractivity contribution in [2.75, 3.05) is 13.7 Å². The van der Waals surface area contributed by atoms with Crippen molar-refractivity contribution in [1.29, 1.82) is 0 Å². The first-order valence-electron chi connectivity index (χ1n) is 7.69. The summed E-state index contributed by atoms with van der Waals surface area (Å²) >= 11 is 0. The highest BCUT2D eigenvalue weighted by Crippen LogP contribution is 2.35. The Balaban J connectivity index is 2.38. The Morgan fingerprint density at radius 1 is 1.12 bits per heavy atom. The van der Waals surface area contributed by atoms with Gasteiger partial charge in [0.2, 0.25) is 0 Å². The summed E-state index contributed by atoms with van der Waals surface area (Å²) in [7, 11) is 1.34. The van der Waals surface area contributed by atoms with Gasteiger partial charge in [-0.25, -0.2) is 4.79 Å². The summed E-state index contributed by atoms with van der Waals surface area (Å²) in [6.45, 7) is 3.43. The molecule has 0 saturated heterocycles. The van der Waals surface area contributed by atoms with Crippen LogP contribution < -0.4 is 14.2 Å². The SMILES string of the molecule is CCOc1cc(C(=O)Oc2ccc(C(C)=O)cc2)c([N+](=O)[O-])cc1OC. The van der Waals surface area contributed by atoms with Gasteiger partial charge >= 0.3 is 5.97 Å². The number of Topliss-reactive ketones (excluding diaryl/α,β-unsaturated/α-hetero) is 1. The van der Waals surface area contributed by atoms with Crippen molar-refractivity contribution in [3.8, 4) is 17.2 Å². The van der Waals surface area contributed by atoms with Crippen LogP contribution in [0.1, 0.15) is 34.6 Å². The summed E-state index contributed by atoms with van der Waals surface area (Å²) in [6.07, 6.45) is 0. The number of carbonyl (C=O) groups is 2. The highest BCUT2D eigenvalue weighted by Gasteiger charge is 2.26. The quantitative estimate of drug-likeness (QED) is 0.245. The van der Waals surface area contributed by atoms with Gasteiger partial charge in [0.05, 0.1) is 24.7 Å². The molecule has 0 heterocycles. The minimum absolute atomic E-state index is 0.130. The third-order valence-corrected chi connectivity index (χ3v) is 3.47. The molecule has 0 N–H and O–H groups in total. The highest BCUT2D eigenvalue weighted by atomic mass is 16.6. The van der Waals surface area contributed by atoms with E-state index in [0.29, 0.717) is 5.56 Å². The lowest BCUT2D eigenvalue weighted by atomic mass is 10.1. The fourth-order valence-corrected chi connectivity index (χ4v) is 2.21. The Labute approximate surface area is 149 Å². The van der Waals surface area contributed by atoms with Crippen molar-refractivity contribution in [2.45, 2.75) is 13.8 Å². The molecule has 0 aromatic heterocycles. The van der Waals surface area contributed by atoms with E-state index in [1.54, 1.807) is 6.92 Å². The van der Waals surface area contributed by atoms with Gasteiger partial charge in [-0.2, -0.15) is 0 Å². The molecule has 0 fully saturated rings. The molecule has 0 unspecified atom stereocenters. The average Bonchev–Trinajstić information content (AvgIpc) is 2.61. The van der Waals surface area contributed by atoms with E-state index in [4.69, 9.17) is 14.2 Å². The molecule has 0 bridgehead atoms. The van der Waals surface area contributed by atoms with E-state index in [0.717, 1.165) is 6.07 Å². The molecule has 2 aromatic carbocycles. The van der Waals surface area contributed by atoms with Crippen LogP contribution in [-0.2, 0) is 0 Å². The highest BCUT2D eigenvalue weighted by molar-refractivity contribution is 5.97. The number of nitro groups is 1. The number of esters is 1. The van der Waals surface area contributed by atoms with Gasteiger partial charge in [0, 0.05) is 11.6 Å². The first-order chi connectivity index (χ1) is 12.4. The van der Waals surface area contributed by atoms with Crippen LogP contribution in [0.3, 0.4) is 0 Å². The fourth-order valence-electron chi connectivity index (χ4n) is 2.21. The van der Waals surface area contributed by atoms with Crippen molar-refractivity contribution in [3.63, 3.8) is 0 Å². The van der Waals surface area contributed by atoms with E-state index in [-0.39, 0.29) is 35.2 Å². The van der Waals surface area contributed by atoms with Crippen LogP contribution in [0.4, 0.5) is 5.69 Å². The van der Waals surface area contributed by atoms with Crippen LogP contribution >= 0.6 is 0 Å². The molecular weight excluding hydrogens is 342 g/mol. The van der Waals surface area contributed by atoms with Gasteiger partial charge in [-0.3, -0.25) is 14.9 Å². The minimum Gasteiger partial charge on any atom is -0.493 e. The largest absolute Gasteiger partial charge is 0.493 e. The van der Waals surface area contributed by atoms with Crippen molar-refractivity contribution >= 4 is 17.4 Å². The summed E-state index contributed by atoms with van der Waals surface area (Å²) in [5, 5.41) is 11.3. The first-order valence-corrected chi connectivity index (χ1v) is 7.69. The van der Waals surface area contributed by atoms with Gasteiger partial charge in [0.25, 0.3) is 5.69 Å². The van der Waals surface area contributed by atoms with Crippen LogP contribution in [0.15, 0.2) is 36.4 Å². The van der Waals surface area contributed by atoms with Gasteiger partial charge in [-0.15, -0.1) is 0 Å². The lowest BCUT2D eigenvalue weighted by molar-refractivity contribution is -0.385. The molecule has 0 saturated carbocycles. The minimum atomic E-state index is -0.920. The number of carbonyl (C=O) groups excluding carboxylic acids is 2. The summed E-state index contributed by atoms with van der Waals surface area (Å²) in [5.41, 5.74) is -0.274. The van der Waals surface area contributed by atoms with Crippen molar-refractivity contribution in [3.05, 3.63) is 57.6 Å². The second-order valence-electron chi connectivity index (χ2n) is 5.18. The Kier molecular flexibility index (Phi) is 5.90. The molecule has 136 valence electrons. The number of ketones is 1. The number of hydrogen-bond donors (Lipinski definition) is 0.